The normalized spacial score (nSPS) is 16.5. The number of amides is 1. The fraction of sp³-hybridized carbons (Fsp3) is 0.231. The zero-order valence-electron chi connectivity index (χ0n) is 17.4. The number of aromatic nitrogens is 2. The average molecular weight is 396 g/mol. The highest BCUT2D eigenvalue weighted by atomic mass is 16.2. The summed E-state index contributed by atoms with van der Waals surface area (Å²) in [7, 11) is 0. The Balaban J connectivity index is 1.53. The smallest absolute Gasteiger partial charge is 0.227 e. The van der Waals surface area contributed by atoms with Crippen LogP contribution in [0.2, 0.25) is 0 Å². The average Bonchev–Trinajstić information content (AvgIpc) is 3.31. The molecule has 2 heterocycles. The van der Waals surface area contributed by atoms with Gasteiger partial charge >= 0.3 is 0 Å². The maximum absolute atomic E-state index is 12.9. The molecule has 4 heteroatoms. The number of fused-ring (bicyclic) bond motifs is 1. The first-order valence-electron chi connectivity index (χ1n) is 10.5. The summed E-state index contributed by atoms with van der Waals surface area (Å²) in [4.78, 5) is 19.8. The van der Waals surface area contributed by atoms with Crippen LogP contribution in [0.15, 0.2) is 72.8 Å². The van der Waals surface area contributed by atoms with Gasteiger partial charge in [0.15, 0.2) is 0 Å². The van der Waals surface area contributed by atoms with Gasteiger partial charge in [0.05, 0.1) is 11.0 Å². The summed E-state index contributed by atoms with van der Waals surface area (Å²) in [6, 6.07) is 25.0. The third-order valence-electron chi connectivity index (χ3n) is 6.04. The highest BCUT2D eigenvalue weighted by molar-refractivity contribution is 5.97. The van der Waals surface area contributed by atoms with Gasteiger partial charge < -0.3 is 9.47 Å². The van der Waals surface area contributed by atoms with Crippen molar-refractivity contribution in [2.24, 2.45) is 0 Å². The molecule has 1 amide bonds. The summed E-state index contributed by atoms with van der Waals surface area (Å²) in [5.74, 6) is 1.25. The molecule has 30 heavy (non-hydrogen) atoms. The molecule has 1 aliphatic heterocycles. The third kappa shape index (κ3) is 3.28. The molecule has 0 saturated carbocycles. The lowest BCUT2D eigenvalue weighted by Crippen LogP contribution is -2.25. The summed E-state index contributed by atoms with van der Waals surface area (Å²) >= 11 is 0. The zero-order chi connectivity index (χ0) is 20.7. The second kappa shape index (κ2) is 7.45. The van der Waals surface area contributed by atoms with E-state index in [1.807, 2.05) is 29.2 Å². The van der Waals surface area contributed by atoms with E-state index in [1.54, 1.807) is 0 Å². The Morgan fingerprint density at radius 1 is 0.933 bits per heavy atom. The lowest BCUT2D eigenvalue weighted by molar-refractivity contribution is -0.117. The van der Waals surface area contributed by atoms with Gasteiger partial charge in [0.25, 0.3) is 0 Å². The molecule has 4 aromatic rings. The van der Waals surface area contributed by atoms with Gasteiger partial charge in [0.1, 0.15) is 5.82 Å². The SMILES string of the molecule is Cc1ccc(Cn2c([C@H]3CC(=O)N(c4ccccc4C)C3)nc3ccccc32)cc1. The van der Waals surface area contributed by atoms with E-state index in [1.165, 1.54) is 11.1 Å². The Labute approximate surface area is 176 Å². The molecule has 0 unspecified atom stereocenters. The van der Waals surface area contributed by atoms with Crippen molar-refractivity contribution >= 4 is 22.6 Å². The molecule has 5 rings (SSSR count). The number of benzene rings is 3. The Kier molecular flexibility index (Phi) is 4.62. The minimum atomic E-state index is 0.0787. The molecule has 4 nitrogen and oxygen atoms in total. The van der Waals surface area contributed by atoms with Crippen molar-refractivity contribution in [3.63, 3.8) is 0 Å². The maximum atomic E-state index is 12.9. The molecule has 0 radical (unpaired) electrons. The van der Waals surface area contributed by atoms with Crippen LogP contribution >= 0.6 is 0 Å². The van der Waals surface area contributed by atoms with Crippen LogP contribution in [0.4, 0.5) is 5.69 Å². The van der Waals surface area contributed by atoms with Gasteiger partial charge in [0, 0.05) is 31.1 Å². The van der Waals surface area contributed by atoms with Crippen molar-refractivity contribution in [2.45, 2.75) is 32.7 Å². The second-order valence-corrected chi connectivity index (χ2v) is 8.22. The van der Waals surface area contributed by atoms with Gasteiger partial charge in [-0.3, -0.25) is 4.79 Å². The molecule has 1 saturated heterocycles. The van der Waals surface area contributed by atoms with Gasteiger partial charge in [-0.05, 0) is 43.2 Å². The van der Waals surface area contributed by atoms with E-state index >= 15 is 0 Å². The lowest BCUT2D eigenvalue weighted by Gasteiger charge is -2.19. The molecule has 1 atom stereocenters. The van der Waals surface area contributed by atoms with Crippen LogP contribution in [0, 0.1) is 13.8 Å². The van der Waals surface area contributed by atoms with Gasteiger partial charge in [-0.15, -0.1) is 0 Å². The van der Waals surface area contributed by atoms with Crippen LogP contribution in [0.25, 0.3) is 11.0 Å². The third-order valence-corrected chi connectivity index (χ3v) is 6.04. The first-order chi connectivity index (χ1) is 14.6. The molecule has 0 N–H and O–H groups in total. The molecule has 0 aliphatic carbocycles. The van der Waals surface area contributed by atoms with Crippen molar-refractivity contribution in [3.8, 4) is 0 Å². The van der Waals surface area contributed by atoms with Crippen LogP contribution in [-0.2, 0) is 11.3 Å². The maximum Gasteiger partial charge on any atom is 0.227 e. The van der Waals surface area contributed by atoms with Crippen molar-refractivity contribution in [3.05, 3.63) is 95.3 Å². The van der Waals surface area contributed by atoms with Crippen LogP contribution < -0.4 is 4.90 Å². The van der Waals surface area contributed by atoms with E-state index in [2.05, 4.69) is 66.9 Å². The summed E-state index contributed by atoms with van der Waals surface area (Å²) in [5, 5.41) is 0. The van der Waals surface area contributed by atoms with Crippen molar-refractivity contribution in [1.29, 1.82) is 0 Å². The fourth-order valence-electron chi connectivity index (χ4n) is 4.43. The minimum Gasteiger partial charge on any atom is -0.323 e. The molecule has 0 bridgehead atoms. The van der Waals surface area contributed by atoms with E-state index < -0.39 is 0 Å². The van der Waals surface area contributed by atoms with Crippen LogP contribution in [0.3, 0.4) is 0 Å². The number of para-hydroxylation sites is 3. The van der Waals surface area contributed by atoms with Crippen molar-refractivity contribution < 1.29 is 4.79 Å². The highest BCUT2D eigenvalue weighted by Gasteiger charge is 2.35. The summed E-state index contributed by atoms with van der Waals surface area (Å²) in [6.07, 6.45) is 0.492. The predicted octanol–water partition coefficient (Wildman–Crippen LogP) is 5.22. The topological polar surface area (TPSA) is 38.1 Å². The number of aryl methyl sites for hydroxylation is 2. The predicted molar refractivity (Wildman–Crippen MR) is 121 cm³/mol. The fourth-order valence-corrected chi connectivity index (χ4v) is 4.43. The number of hydrogen-bond acceptors (Lipinski definition) is 2. The van der Waals surface area contributed by atoms with Crippen LogP contribution in [-0.4, -0.2) is 22.0 Å². The summed E-state index contributed by atoms with van der Waals surface area (Å²) in [6.45, 7) is 5.58. The number of hydrogen-bond donors (Lipinski definition) is 0. The van der Waals surface area contributed by atoms with Gasteiger partial charge in [-0.25, -0.2) is 4.98 Å². The number of anilines is 1. The standard InChI is InChI=1S/C26H25N3O/c1-18-11-13-20(14-12-18)16-29-24-10-6-4-8-22(24)27-26(29)21-15-25(30)28(17-21)23-9-5-3-7-19(23)2/h3-14,21H,15-17H2,1-2H3/t21-/m0/s1. The molecule has 0 spiro atoms. The highest BCUT2D eigenvalue weighted by Crippen LogP contribution is 2.34. The Bertz CT molecular complexity index is 1220. The molecule has 1 fully saturated rings. The molecular weight excluding hydrogens is 370 g/mol. The Morgan fingerprint density at radius 3 is 2.47 bits per heavy atom. The quantitative estimate of drug-likeness (QED) is 0.475. The second-order valence-electron chi connectivity index (χ2n) is 8.22. The number of rotatable bonds is 4. The molecule has 3 aromatic carbocycles. The van der Waals surface area contributed by atoms with E-state index in [0.29, 0.717) is 13.0 Å². The van der Waals surface area contributed by atoms with E-state index in [4.69, 9.17) is 4.98 Å². The lowest BCUT2D eigenvalue weighted by atomic mass is 10.1. The van der Waals surface area contributed by atoms with Gasteiger partial charge in [0.2, 0.25) is 5.91 Å². The summed E-state index contributed by atoms with van der Waals surface area (Å²) < 4.78 is 2.29. The first-order valence-corrected chi connectivity index (χ1v) is 10.5. The minimum absolute atomic E-state index is 0.0787. The number of imidazole rings is 1. The van der Waals surface area contributed by atoms with Crippen LogP contribution in [0.5, 0.6) is 0 Å². The Hall–Kier alpha value is -3.40. The molecule has 1 aromatic heterocycles. The largest absolute Gasteiger partial charge is 0.323 e. The van der Waals surface area contributed by atoms with Crippen molar-refractivity contribution in [1.82, 2.24) is 9.55 Å². The number of carbonyl (C=O) groups excluding carboxylic acids is 1. The van der Waals surface area contributed by atoms with Crippen LogP contribution in [0.1, 0.15) is 34.9 Å². The first kappa shape index (κ1) is 18.6. The zero-order valence-corrected chi connectivity index (χ0v) is 17.4. The van der Waals surface area contributed by atoms with Gasteiger partial charge in [-0.1, -0.05) is 60.2 Å². The van der Waals surface area contributed by atoms with Gasteiger partial charge in [-0.2, -0.15) is 0 Å². The van der Waals surface area contributed by atoms with E-state index in [9.17, 15) is 4.79 Å². The van der Waals surface area contributed by atoms with E-state index in [-0.39, 0.29) is 11.8 Å². The molecule has 150 valence electrons. The molecule has 1 aliphatic rings. The molecular formula is C26H25N3O. The number of nitrogens with zero attached hydrogens (tertiary/aromatic N) is 3. The summed E-state index contributed by atoms with van der Waals surface area (Å²) in [5.41, 5.74) is 6.73. The Morgan fingerprint density at radius 2 is 1.67 bits per heavy atom. The monoisotopic (exact) mass is 395 g/mol. The van der Waals surface area contributed by atoms with E-state index in [0.717, 1.165) is 34.7 Å². The number of carbonyl (C=O) groups is 1. The van der Waals surface area contributed by atoms with Crippen molar-refractivity contribution in [2.75, 3.05) is 11.4 Å².